The molecule has 2 atom stereocenters. The lowest BCUT2D eigenvalue weighted by Crippen LogP contribution is -2.65. The van der Waals surface area contributed by atoms with Gasteiger partial charge in [0, 0.05) is 22.3 Å². The summed E-state index contributed by atoms with van der Waals surface area (Å²) in [6.07, 6.45) is 1.49. The number of aryl methyl sites for hydroxylation is 2. The van der Waals surface area contributed by atoms with Crippen LogP contribution in [-0.4, -0.2) is 23.3 Å². The van der Waals surface area contributed by atoms with Gasteiger partial charge < -0.3 is 15.2 Å². The van der Waals surface area contributed by atoms with Crippen molar-refractivity contribution < 1.29 is 19.1 Å². The average Bonchev–Trinajstić information content (AvgIpc) is 2.81. The Balaban J connectivity index is 1.66. The zero-order valence-electron chi connectivity index (χ0n) is 18.9. The fourth-order valence-electron chi connectivity index (χ4n) is 4.38. The molecule has 2 aliphatic rings. The van der Waals surface area contributed by atoms with Crippen LogP contribution < -0.4 is 20.9 Å². The second-order valence-electron chi connectivity index (χ2n) is 8.65. The highest BCUT2D eigenvalue weighted by Gasteiger charge is 2.51. The predicted octanol–water partition coefficient (Wildman–Crippen LogP) is 4.02. The van der Waals surface area contributed by atoms with Crippen LogP contribution in [0.1, 0.15) is 31.8 Å². The lowest BCUT2D eigenvalue weighted by molar-refractivity contribution is 0.0522. The first-order valence-corrected chi connectivity index (χ1v) is 11.0. The maximum atomic E-state index is 13.4. The molecule has 0 saturated heterocycles. The van der Waals surface area contributed by atoms with E-state index in [-0.39, 0.29) is 28.5 Å². The number of nitrogens with two attached hydrogens (primary N) is 2. The summed E-state index contributed by atoms with van der Waals surface area (Å²) in [4.78, 5) is 26.8. The molecule has 0 spiro atoms. The average molecular weight is 453 g/mol. The smallest absolute Gasteiger partial charge is 0.236 e. The Hall–Kier alpha value is -4.00. The third-order valence-corrected chi connectivity index (χ3v) is 6.12. The molecule has 0 aliphatic heterocycles. The van der Waals surface area contributed by atoms with Gasteiger partial charge >= 0.3 is 0 Å². The summed E-state index contributed by atoms with van der Waals surface area (Å²) in [5.74, 6) is 0.483. The largest absolute Gasteiger partial charge is 0.463 e. The first kappa shape index (κ1) is 21.8. The van der Waals surface area contributed by atoms with Gasteiger partial charge in [-0.3, -0.25) is 15.3 Å². The molecule has 0 bridgehead atoms. The highest BCUT2D eigenvalue weighted by Crippen LogP contribution is 2.39. The number of fused-ring (bicyclic) bond motifs is 1. The number of ketones is 2. The lowest BCUT2D eigenvalue weighted by atomic mass is 9.75. The van der Waals surface area contributed by atoms with Crippen molar-refractivity contribution >= 4 is 11.6 Å². The van der Waals surface area contributed by atoms with Gasteiger partial charge in [0.2, 0.25) is 5.72 Å². The first-order chi connectivity index (χ1) is 16.3. The van der Waals surface area contributed by atoms with Crippen molar-refractivity contribution in [2.75, 3.05) is 0 Å². The first-order valence-electron chi connectivity index (χ1n) is 11.0. The molecule has 3 aromatic rings. The molecule has 0 heterocycles. The lowest BCUT2D eigenvalue weighted by Gasteiger charge is -2.41. The van der Waals surface area contributed by atoms with Crippen molar-refractivity contribution in [1.29, 1.82) is 0 Å². The fraction of sp³-hybridized carbons (Fsp3) is 0.143. The maximum absolute atomic E-state index is 13.4. The van der Waals surface area contributed by atoms with Gasteiger partial charge in [-0.15, -0.1) is 0 Å². The topological polar surface area (TPSA) is 105 Å². The molecule has 3 aromatic carbocycles. The Morgan fingerprint density at radius 3 is 2.03 bits per heavy atom. The molecular weight excluding hydrogens is 428 g/mol. The minimum absolute atomic E-state index is 0.121. The Bertz CT molecular complexity index is 1400. The minimum atomic E-state index is -1.74. The van der Waals surface area contributed by atoms with Crippen LogP contribution in [0, 0.1) is 13.8 Å². The van der Waals surface area contributed by atoms with Crippen molar-refractivity contribution in [2.24, 2.45) is 11.5 Å². The number of allylic oxidation sites excluding steroid dienone is 2. The molecule has 6 nitrogen and oxygen atoms in total. The van der Waals surface area contributed by atoms with Crippen LogP contribution in [0.15, 0.2) is 95.8 Å². The van der Waals surface area contributed by atoms with Crippen LogP contribution in [0.5, 0.6) is 11.5 Å². The molecule has 0 radical (unpaired) electrons. The van der Waals surface area contributed by atoms with Crippen LogP contribution in [-0.2, 0) is 0 Å². The molecule has 6 heteroatoms. The molecule has 0 aromatic heterocycles. The van der Waals surface area contributed by atoms with Crippen molar-refractivity contribution in [2.45, 2.75) is 25.6 Å². The normalized spacial score (nSPS) is 21.5. The van der Waals surface area contributed by atoms with E-state index in [1.54, 1.807) is 36.4 Å². The highest BCUT2D eigenvalue weighted by molar-refractivity contribution is 6.28. The van der Waals surface area contributed by atoms with Gasteiger partial charge in [-0.1, -0.05) is 48.5 Å². The van der Waals surface area contributed by atoms with E-state index < -0.39 is 11.8 Å². The van der Waals surface area contributed by atoms with Crippen LogP contribution >= 0.6 is 0 Å². The number of carbonyl (C=O) groups is 2. The minimum Gasteiger partial charge on any atom is -0.463 e. The third kappa shape index (κ3) is 3.53. The van der Waals surface area contributed by atoms with Crippen molar-refractivity contribution in [3.8, 4) is 11.5 Å². The molecule has 5 rings (SSSR count). The monoisotopic (exact) mass is 452 g/mol. The SMILES string of the molecule is Cc1cccc(OC2=CC3=C(C(=O)c4ccccc4C3=O)C(N)C2(N)Oc2cccc(C)c2)c1. The van der Waals surface area contributed by atoms with E-state index in [1.807, 2.05) is 50.2 Å². The summed E-state index contributed by atoms with van der Waals surface area (Å²) >= 11 is 0. The molecule has 0 saturated carbocycles. The Morgan fingerprint density at radius 1 is 0.794 bits per heavy atom. The quantitative estimate of drug-likeness (QED) is 0.580. The van der Waals surface area contributed by atoms with Gasteiger partial charge in [-0.05, 0) is 55.3 Å². The summed E-state index contributed by atoms with van der Waals surface area (Å²) in [6, 6.07) is 20.3. The number of hydrogen-bond donors (Lipinski definition) is 2. The second-order valence-corrected chi connectivity index (χ2v) is 8.65. The number of carbonyl (C=O) groups excluding carboxylic acids is 2. The van der Waals surface area contributed by atoms with E-state index >= 15 is 0 Å². The zero-order chi connectivity index (χ0) is 24.0. The van der Waals surface area contributed by atoms with Crippen molar-refractivity contribution in [1.82, 2.24) is 0 Å². The van der Waals surface area contributed by atoms with E-state index in [1.165, 1.54) is 6.08 Å². The summed E-state index contributed by atoms with van der Waals surface area (Å²) in [7, 11) is 0. The van der Waals surface area contributed by atoms with Crippen LogP contribution in [0.25, 0.3) is 0 Å². The number of benzene rings is 3. The summed E-state index contributed by atoms with van der Waals surface area (Å²) in [5, 5.41) is 0. The Kier molecular flexibility index (Phi) is 5.20. The third-order valence-electron chi connectivity index (χ3n) is 6.12. The van der Waals surface area contributed by atoms with Gasteiger partial charge in [0.1, 0.15) is 11.5 Å². The standard InChI is InChI=1S/C28H24N2O4/c1-16-7-5-9-18(13-16)33-23-15-22-24(26(32)21-12-4-3-11-20(21)25(22)31)27(29)28(23,30)34-19-10-6-8-17(2)14-19/h3-15,27H,29-30H2,1-2H3. The zero-order valence-corrected chi connectivity index (χ0v) is 18.9. The predicted molar refractivity (Wildman–Crippen MR) is 129 cm³/mol. The van der Waals surface area contributed by atoms with E-state index in [0.717, 1.165) is 11.1 Å². The van der Waals surface area contributed by atoms with Crippen molar-refractivity contribution in [3.63, 3.8) is 0 Å². The highest BCUT2D eigenvalue weighted by atomic mass is 16.6. The summed E-state index contributed by atoms with van der Waals surface area (Å²) in [5.41, 5.74) is 14.6. The number of ether oxygens (including phenoxy) is 2. The van der Waals surface area contributed by atoms with Gasteiger partial charge in [0.15, 0.2) is 17.3 Å². The van der Waals surface area contributed by atoms with E-state index in [9.17, 15) is 9.59 Å². The molecule has 2 unspecified atom stereocenters. The molecule has 0 amide bonds. The summed E-state index contributed by atoms with van der Waals surface area (Å²) in [6.45, 7) is 3.87. The Labute approximate surface area is 197 Å². The second kappa shape index (κ2) is 8.09. The van der Waals surface area contributed by atoms with Gasteiger partial charge in [0.25, 0.3) is 0 Å². The van der Waals surface area contributed by atoms with E-state index in [0.29, 0.717) is 22.6 Å². The van der Waals surface area contributed by atoms with Crippen LogP contribution in [0.4, 0.5) is 0 Å². The number of rotatable bonds is 4. The van der Waals surface area contributed by atoms with Gasteiger partial charge in [-0.2, -0.15) is 0 Å². The number of Topliss-reactive ketones (excluding diaryl/α,β-unsaturated/α-hetero) is 2. The summed E-state index contributed by atoms with van der Waals surface area (Å²) < 4.78 is 12.4. The van der Waals surface area contributed by atoms with Crippen LogP contribution in [0.3, 0.4) is 0 Å². The molecule has 4 N–H and O–H groups in total. The fourth-order valence-corrected chi connectivity index (χ4v) is 4.38. The Morgan fingerprint density at radius 2 is 1.38 bits per heavy atom. The van der Waals surface area contributed by atoms with E-state index in [4.69, 9.17) is 20.9 Å². The maximum Gasteiger partial charge on any atom is 0.236 e. The molecule has 170 valence electrons. The van der Waals surface area contributed by atoms with Gasteiger partial charge in [0.05, 0.1) is 6.04 Å². The molecular formula is C28H24N2O4. The molecule has 2 aliphatic carbocycles. The van der Waals surface area contributed by atoms with Gasteiger partial charge in [-0.25, -0.2) is 0 Å². The van der Waals surface area contributed by atoms with E-state index in [2.05, 4.69) is 0 Å². The molecule has 34 heavy (non-hydrogen) atoms. The van der Waals surface area contributed by atoms with Crippen LogP contribution in [0.2, 0.25) is 0 Å². The molecule has 0 fully saturated rings. The van der Waals surface area contributed by atoms with Crippen molar-refractivity contribution in [3.05, 3.63) is 118 Å². The number of hydrogen-bond acceptors (Lipinski definition) is 6.